The number of hydrogen-bond donors (Lipinski definition) is 1. The Bertz CT molecular complexity index is 576. The van der Waals surface area contributed by atoms with Gasteiger partial charge in [-0.3, -0.25) is 0 Å². The third kappa shape index (κ3) is 2.89. The second-order valence-electron chi connectivity index (χ2n) is 5.59. The Morgan fingerprint density at radius 3 is 2.65 bits per heavy atom. The maximum absolute atomic E-state index is 10.4. The lowest BCUT2D eigenvalue weighted by atomic mass is 9.79. The van der Waals surface area contributed by atoms with Gasteiger partial charge in [0.2, 0.25) is 0 Å². The van der Waals surface area contributed by atoms with E-state index < -0.39 is 6.10 Å². The summed E-state index contributed by atoms with van der Waals surface area (Å²) in [6, 6.07) is 16.2. The maximum atomic E-state index is 10.4. The van der Waals surface area contributed by atoms with Crippen LogP contribution in [0.2, 0.25) is 5.02 Å². The number of aryl methyl sites for hydroxylation is 1. The summed E-state index contributed by atoms with van der Waals surface area (Å²) in [6.45, 7) is 0. The van der Waals surface area contributed by atoms with Gasteiger partial charge in [0.05, 0.1) is 6.10 Å². The second kappa shape index (κ2) is 5.99. The molecule has 0 aliphatic heterocycles. The van der Waals surface area contributed by atoms with E-state index in [9.17, 15) is 5.11 Å². The molecule has 1 aliphatic carbocycles. The highest BCUT2D eigenvalue weighted by Gasteiger charge is 2.22. The summed E-state index contributed by atoms with van der Waals surface area (Å²) in [7, 11) is 0. The molecular formula is C18H19ClO. The van der Waals surface area contributed by atoms with Gasteiger partial charge in [-0.2, -0.15) is 0 Å². The Kier molecular flexibility index (Phi) is 4.09. The normalized spacial score (nSPS) is 19.4. The molecule has 104 valence electrons. The summed E-state index contributed by atoms with van der Waals surface area (Å²) in [5, 5.41) is 11.2. The summed E-state index contributed by atoms with van der Waals surface area (Å²) in [5.41, 5.74) is 3.83. The minimum atomic E-state index is -0.413. The standard InChI is InChI=1S/C18H19ClO/c19-16-10-8-14(9-11-16)18(20)12-15-6-3-5-13-4-1-2-7-17(13)15/h1-2,4,7-11,15,18,20H,3,5-6,12H2. The van der Waals surface area contributed by atoms with Gasteiger partial charge in [-0.15, -0.1) is 0 Å². The van der Waals surface area contributed by atoms with Gasteiger partial charge < -0.3 is 5.11 Å². The number of aliphatic hydroxyl groups is 1. The van der Waals surface area contributed by atoms with Crippen molar-refractivity contribution in [2.45, 2.75) is 37.7 Å². The molecule has 0 saturated carbocycles. The van der Waals surface area contributed by atoms with Crippen molar-refractivity contribution in [1.29, 1.82) is 0 Å². The molecule has 0 aromatic heterocycles. The van der Waals surface area contributed by atoms with Crippen molar-refractivity contribution in [3.05, 3.63) is 70.2 Å². The highest BCUT2D eigenvalue weighted by molar-refractivity contribution is 6.30. The van der Waals surface area contributed by atoms with Crippen molar-refractivity contribution in [3.8, 4) is 0 Å². The van der Waals surface area contributed by atoms with Crippen LogP contribution in [0.4, 0.5) is 0 Å². The smallest absolute Gasteiger partial charge is 0.0795 e. The second-order valence-corrected chi connectivity index (χ2v) is 6.03. The van der Waals surface area contributed by atoms with Crippen molar-refractivity contribution in [1.82, 2.24) is 0 Å². The van der Waals surface area contributed by atoms with Crippen LogP contribution in [0.25, 0.3) is 0 Å². The van der Waals surface area contributed by atoms with E-state index in [2.05, 4.69) is 24.3 Å². The Morgan fingerprint density at radius 1 is 1.10 bits per heavy atom. The maximum Gasteiger partial charge on any atom is 0.0795 e. The molecule has 2 heteroatoms. The first-order valence-corrected chi connectivity index (χ1v) is 7.63. The van der Waals surface area contributed by atoms with Crippen LogP contribution in [0.3, 0.4) is 0 Å². The quantitative estimate of drug-likeness (QED) is 0.852. The summed E-state index contributed by atoms with van der Waals surface area (Å²) < 4.78 is 0. The minimum Gasteiger partial charge on any atom is -0.388 e. The molecule has 2 aromatic rings. The fourth-order valence-electron chi connectivity index (χ4n) is 3.19. The van der Waals surface area contributed by atoms with Crippen molar-refractivity contribution >= 4 is 11.6 Å². The van der Waals surface area contributed by atoms with Crippen molar-refractivity contribution in [2.24, 2.45) is 0 Å². The zero-order chi connectivity index (χ0) is 13.9. The van der Waals surface area contributed by atoms with Gasteiger partial charge in [0, 0.05) is 5.02 Å². The van der Waals surface area contributed by atoms with Gasteiger partial charge in [0.1, 0.15) is 0 Å². The molecule has 0 fully saturated rings. The first kappa shape index (κ1) is 13.7. The zero-order valence-electron chi connectivity index (χ0n) is 11.4. The molecule has 1 nitrogen and oxygen atoms in total. The molecule has 2 unspecified atom stereocenters. The van der Waals surface area contributed by atoms with Crippen LogP contribution in [-0.4, -0.2) is 5.11 Å². The first-order chi connectivity index (χ1) is 9.74. The summed E-state index contributed by atoms with van der Waals surface area (Å²) in [6.07, 6.45) is 3.93. The van der Waals surface area contributed by atoms with Crippen LogP contribution in [0.1, 0.15) is 48.0 Å². The minimum absolute atomic E-state index is 0.413. The van der Waals surface area contributed by atoms with E-state index in [1.54, 1.807) is 0 Å². The molecule has 0 saturated heterocycles. The molecule has 1 N–H and O–H groups in total. The van der Waals surface area contributed by atoms with Crippen molar-refractivity contribution in [3.63, 3.8) is 0 Å². The predicted octanol–water partition coefficient (Wildman–Crippen LogP) is 4.88. The van der Waals surface area contributed by atoms with E-state index in [4.69, 9.17) is 11.6 Å². The van der Waals surface area contributed by atoms with Crippen molar-refractivity contribution < 1.29 is 5.11 Å². The SMILES string of the molecule is OC(CC1CCCc2ccccc21)c1ccc(Cl)cc1. The molecule has 1 aliphatic rings. The lowest BCUT2D eigenvalue weighted by molar-refractivity contribution is 0.154. The molecule has 20 heavy (non-hydrogen) atoms. The fraction of sp³-hybridized carbons (Fsp3) is 0.333. The van der Waals surface area contributed by atoms with Gasteiger partial charge in [-0.05, 0) is 60.4 Å². The predicted molar refractivity (Wildman–Crippen MR) is 83.1 cm³/mol. The molecule has 2 aromatic carbocycles. The fourth-order valence-corrected chi connectivity index (χ4v) is 3.32. The topological polar surface area (TPSA) is 20.2 Å². The van der Waals surface area contributed by atoms with Crippen LogP contribution in [-0.2, 0) is 6.42 Å². The van der Waals surface area contributed by atoms with E-state index in [0.717, 1.165) is 12.0 Å². The molecule has 0 heterocycles. The average Bonchev–Trinajstić information content (AvgIpc) is 2.48. The molecule has 0 bridgehead atoms. The largest absolute Gasteiger partial charge is 0.388 e. The monoisotopic (exact) mass is 286 g/mol. The first-order valence-electron chi connectivity index (χ1n) is 7.25. The number of benzene rings is 2. The third-order valence-corrected chi connectivity index (χ3v) is 4.51. The highest BCUT2D eigenvalue weighted by atomic mass is 35.5. The number of fused-ring (bicyclic) bond motifs is 1. The third-order valence-electron chi connectivity index (χ3n) is 4.26. The summed E-state index contributed by atoms with van der Waals surface area (Å²) >= 11 is 5.89. The van der Waals surface area contributed by atoms with Gasteiger partial charge in [-0.25, -0.2) is 0 Å². The van der Waals surface area contributed by atoms with Crippen LogP contribution in [0.5, 0.6) is 0 Å². The van der Waals surface area contributed by atoms with E-state index >= 15 is 0 Å². The molecule has 3 rings (SSSR count). The van der Waals surface area contributed by atoms with E-state index in [0.29, 0.717) is 10.9 Å². The number of rotatable bonds is 3. The lowest BCUT2D eigenvalue weighted by Gasteiger charge is -2.27. The van der Waals surface area contributed by atoms with Crippen molar-refractivity contribution in [2.75, 3.05) is 0 Å². The van der Waals surface area contributed by atoms with E-state index in [1.807, 2.05) is 24.3 Å². The Morgan fingerprint density at radius 2 is 1.85 bits per heavy atom. The Labute approximate surface area is 125 Å². The van der Waals surface area contributed by atoms with Crippen LogP contribution in [0, 0.1) is 0 Å². The lowest BCUT2D eigenvalue weighted by Crippen LogP contribution is -2.13. The summed E-state index contributed by atoms with van der Waals surface area (Å²) in [5.74, 6) is 0.464. The molecule has 0 radical (unpaired) electrons. The van der Waals surface area contributed by atoms with Crippen LogP contribution >= 0.6 is 11.6 Å². The van der Waals surface area contributed by atoms with E-state index in [1.165, 1.54) is 30.4 Å². The Hall–Kier alpha value is -1.31. The molecular weight excluding hydrogens is 268 g/mol. The number of aliphatic hydroxyl groups excluding tert-OH is 1. The zero-order valence-corrected chi connectivity index (χ0v) is 12.2. The average molecular weight is 287 g/mol. The molecule has 2 atom stereocenters. The number of hydrogen-bond acceptors (Lipinski definition) is 1. The van der Waals surface area contributed by atoms with Gasteiger partial charge in [0.25, 0.3) is 0 Å². The molecule has 0 spiro atoms. The number of halogens is 1. The van der Waals surface area contributed by atoms with Gasteiger partial charge in [0.15, 0.2) is 0 Å². The van der Waals surface area contributed by atoms with E-state index in [-0.39, 0.29) is 0 Å². The summed E-state index contributed by atoms with van der Waals surface area (Å²) in [4.78, 5) is 0. The molecule has 0 amide bonds. The highest BCUT2D eigenvalue weighted by Crippen LogP contribution is 2.37. The van der Waals surface area contributed by atoms with Crippen LogP contribution in [0.15, 0.2) is 48.5 Å². The van der Waals surface area contributed by atoms with Gasteiger partial charge in [-0.1, -0.05) is 48.0 Å². The van der Waals surface area contributed by atoms with Crippen LogP contribution < -0.4 is 0 Å². The Balaban J connectivity index is 1.77. The van der Waals surface area contributed by atoms with Gasteiger partial charge >= 0.3 is 0 Å².